The number of piperidine rings is 1. The minimum absolute atomic E-state index is 0.375. The van der Waals surface area contributed by atoms with Crippen LogP contribution in [0.15, 0.2) is 0 Å². The Bertz CT molecular complexity index is 412. The van der Waals surface area contributed by atoms with Crippen LogP contribution in [0.5, 0.6) is 6.01 Å². The molecule has 1 aromatic heterocycles. The smallest absolute Gasteiger partial charge is 0.322 e. The molecule has 0 saturated carbocycles. The normalized spacial score (nSPS) is 19.3. The third kappa shape index (κ3) is 3.45. The van der Waals surface area contributed by atoms with Crippen LogP contribution in [-0.2, 0) is 0 Å². The second kappa shape index (κ2) is 6.54. The maximum Gasteiger partial charge on any atom is 0.322 e. The zero-order valence-electron chi connectivity index (χ0n) is 12.0. The van der Waals surface area contributed by atoms with E-state index in [1.165, 1.54) is 19.3 Å². The maximum atomic E-state index is 5.16. The van der Waals surface area contributed by atoms with Crippen molar-refractivity contribution in [2.24, 2.45) is 5.92 Å². The van der Waals surface area contributed by atoms with Gasteiger partial charge in [-0.3, -0.25) is 0 Å². The Morgan fingerprint density at radius 1 is 1.32 bits per heavy atom. The number of rotatable bonds is 5. The van der Waals surface area contributed by atoms with Crippen LogP contribution >= 0.6 is 0 Å². The van der Waals surface area contributed by atoms with Gasteiger partial charge in [0.25, 0.3) is 0 Å². The van der Waals surface area contributed by atoms with Gasteiger partial charge in [-0.1, -0.05) is 13.3 Å². The van der Waals surface area contributed by atoms with Crippen molar-refractivity contribution in [2.75, 3.05) is 37.0 Å². The summed E-state index contributed by atoms with van der Waals surface area (Å²) < 4.78 is 5.16. The molecule has 1 unspecified atom stereocenters. The van der Waals surface area contributed by atoms with Crippen molar-refractivity contribution in [3.8, 4) is 6.01 Å². The van der Waals surface area contributed by atoms with Gasteiger partial charge in [0, 0.05) is 19.6 Å². The fourth-order valence-electron chi connectivity index (χ4n) is 2.40. The molecule has 0 aromatic carbocycles. The number of methoxy groups -OCH3 is 1. The van der Waals surface area contributed by atoms with Crippen molar-refractivity contribution >= 4 is 11.9 Å². The molecule has 2 rings (SSSR count). The lowest BCUT2D eigenvalue weighted by molar-refractivity contribution is 0.373. The van der Waals surface area contributed by atoms with Crippen molar-refractivity contribution in [1.82, 2.24) is 15.0 Å². The van der Waals surface area contributed by atoms with Gasteiger partial charge in [0.15, 0.2) is 0 Å². The zero-order valence-corrected chi connectivity index (χ0v) is 12.0. The third-order valence-corrected chi connectivity index (χ3v) is 3.50. The largest absolute Gasteiger partial charge is 0.467 e. The van der Waals surface area contributed by atoms with Crippen molar-refractivity contribution in [2.45, 2.75) is 33.1 Å². The summed E-state index contributed by atoms with van der Waals surface area (Å²) >= 11 is 0. The standard InChI is InChI=1S/C13H23N5O/c1-4-10-7-6-8-18(9-10)12-15-11(14-5-2)16-13(17-12)19-3/h10H,4-9H2,1-3H3,(H,14,15,16,17). The van der Waals surface area contributed by atoms with Gasteiger partial charge in [0.2, 0.25) is 11.9 Å². The van der Waals surface area contributed by atoms with Crippen LogP contribution in [0.25, 0.3) is 0 Å². The Morgan fingerprint density at radius 3 is 2.84 bits per heavy atom. The molecule has 0 radical (unpaired) electrons. The molecule has 106 valence electrons. The summed E-state index contributed by atoms with van der Waals surface area (Å²) in [7, 11) is 1.58. The first-order chi connectivity index (χ1) is 9.26. The lowest BCUT2D eigenvalue weighted by Crippen LogP contribution is -2.36. The van der Waals surface area contributed by atoms with Crippen molar-refractivity contribution in [3.63, 3.8) is 0 Å². The van der Waals surface area contributed by atoms with Crippen LogP contribution in [0, 0.1) is 5.92 Å². The SMILES string of the molecule is CCNc1nc(OC)nc(N2CCCC(CC)C2)n1. The summed E-state index contributed by atoms with van der Waals surface area (Å²) in [6.45, 7) is 7.07. The van der Waals surface area contributed by atoms with Crippen molar-refractivity contribution < 1.29 is 4.74 Å². The first kappa shape index (κ1) is 13.8. The van der Waals surface area contributed by atoms with Gasteiger partial charge in [-0.15, -0.1) is 0 Å². The predicted molar refractivity (Wildman–Crippen MR) is 75.8 cm³/mol. The lowest BCUT2D eigenvalue weighted by atomic mass is 9.96. The minimum atomic E-state index is 0.375. The molecule has 0 bridgehead atoms. The number of nitrogens with zero attached hydrogens (tertiary/aromatic N) is 4. The summed E-state index contributed by atoms with van der Waals surface area (Å²) in [5, 5.41) is 3.12. The predicted octanol–water partition coefficient (Wildman–Crippen LogP) is 1.94. The number of hydrogen-bond donors (Lipinski definition) is 1. The molecule has 1 atom stereocenters. The monoisotopic (exact) mass is 265 g/mol. The highest BCUT2D eigenvalue weighted by Crippen LogP contribution is 2.23. The Morgan fingerprint density at radius 2 is 2.16 bits per heavy atom. The summed E-state index contributed by atoms with van der Waals surface area (Å²) in [5.41, 5.74) is 0. The van der Waals surface area contributed by atoms with Crippen LogP contribution in [-0.4, -0.2) is 41.7 Å². The van der Waals surface area contributed by atoms with Crippen LogP contribution < -0.4 is 15.0 Å². The van der Waals surface area contributed by atoms with E-state index in [1.54, 1.807) is 7.11 Å². The molecule has 2 heterocycles. The van der Waals surface area contributed by atoms with E-state index >= 15 is 0 Å². The molecule has 1 aliphatic rings. The molecule has 0 aliphatic carbocycles. The maximum absolute atomic E-state index is 5.16. The second-order valence-corrected chi connectivity index (χ2v) is 4.84. The van der Waals surface area contributed by atoms with Crippen LogP contribution in [0.3, 0.4) is 0 Å². The molecular weight excluding hydrogens is 242 g/mol. The van der Waals surface area contributed by atoms with E-state index in [4.69, 9.17) is 4.74 Å². The number of hydrogen-bond acceptors (Lipinski definition) is 6. The number of aromatic nitrogens is 3. The van der Waals surface area contributed by atoms with Crippen LogP contribution in [0.2, 0.25) is 0 Å². The molecule has 19 heavy (non-hydrogen) atoms. The Hall–Kier alpha value is -1.59. The highest BCUT2D eigenvalue weighted by molar-refractivity contribution is 5.38. The number of anilines is 2. The average Bonchev–Trinajstić information content (AvgIpc) is 2.47. The fraction of sp³-hybridized carbons (Fsp3) is 0.769. The van der Waals surface area contributed by atoms with Gasteiger partial charge in [-0.2, -0.15) is 15.0 Å². The summed E-state index contributed by atoms with van der Waals surface area (Å²) in [6.07, 6.45) is 3.71. The molecular formula is C13H23N5O. The van der Waals surface area contributed by atoms with E-state index in [1.807, 2.05) is 6.92 Å². The third-order valence-electron chi connectivity index (χ3n) is 3.50. The minimum Gasteiger partial charge on any atom is -0.467 e. The van der Waals surface area contributed by atoms with Gasteiger partial charge < -0.3 is 15.0 Å². The molecule has 6 nitrogen and oxygen atoms in total. The Kier molecular flexibility index (Phi) is 4.76. The summed E-state index contributed by atoms with van der Waals surface area (Å²) in [5.74, 6) is 2.04. The molecule has 1 aliphatic heterocycles. The molecule has 1 aromatic rings. The van der Waals surface area contributed by atoms with Crippen molar-refractivity contribution in [1.29, 1.82) is 0 Å². The summed E-state index contributed by atoms with van der Waals surface area (Å²) in [6, 6.07) is 0.375. The van der Waals surface area contributed by atoms with Gasteiger partial charge in [-0.05, 0) is 25.7 Å². The van der Waals surface area contributed by atoms with Crippen LogP contribution in [0.1, 0.15) is 33.1 Å². The van der Waals surface area contributed by atoms with Gasteiger partial charge in [-0.25, -0.2) is 0 Å². The Balaban J connectivity index is 2.19. The highest BCUT2D eigenvalue weighted by atomic mass is 16.5. The number of nitrogens with one attached hydrogen (secondary N) is 1. The molecule has 0 spiro atoms. The molecule has 1 saturated heterocycles. The molecule has 0 amide bonds. The summed E-state index contributed by atoms with van der Waals surface area (Å²) in [4.78, 5) is 15.3. The van der Waals surface area contributed by atoms with Crippen LogP contribution in [0.4, 0.5) is 11.9 Å². The average molecular weight is 265 g/mol. The second-order valence-electron chi connectivity index (χ2n) is 4.84. The lowest BCUT2D eigenvalue weighted by Gasteiger charge is -2.32. The van der Waals surface area contributed by atoms with Gasteiger partial charge in [0.05, 0.1) is 7.11 Å². The van der Waals surface area contributed by atoms with Gasteiger partial charge >= 0.3 is 6.01 Å². The fourth-order valence-corrected chi connectivity index (χ4v) is 2.40. The molecule has 1 N–H and O–H groups in total. The van der Waals surface area contributed by atoms with Crippen molar-refractivity contribution in [3.05, 3.63) is 0 Å². The first-order valence-corrected chi connectivity index (χ1v) is 7.05. The van der Waals surface area contributed by atoms with E-state index in [-0.39, 0.29) is 0 Å². The quantitative estimate of drug-likeness (QED) is 0.877. The highest BCUT2D eigenvalue weighted by Gasteiger charge is 2.21. The van der Waals surface area contributed by atoms with E-state index in [0.717, 1.165) is 31.5 Å². The van der Waals surface area contributed by atoms with E-state index in [0.29, 0.717) is 12.0 Å². The van der Waals surface area contributed by atoms with E-state index in [2.05, 4.69) is 32.1 Å². The zero-order chi connectivity index (χ0) is 13.7. The molecule has 1 fully saturated rings. The topological polar surface area (TPSA) is 63.2 Å². The number of ether oxygens (including phenoxy) is 1. The van der Waals surface area contributed by atoms with E-state index in [9.17, 15) is 0 Å². The Labute approximate surface area is 114 Å². The van der Waals surface area contributed by atoms with Gasteiger partial charge in [0.1, 0.15) is 0 Å². The van der Waals surface area contributed by atoms with E-state index < -0.39 is 0 Å². The molecule has 6 heteroatoms. The first-order valence-electron chi connectivity index (χ1n) is 7.05.